The molecular weight excluding hydrogens is 190 g/mol. The number of para-hydroxylation sites is 1. The number of anilines is 1. The predicted octanol–water partition coefficient (Wildman–Crippen LogP) is 1.96. The lowest BCUT2D eigenvalue weighted by molar-refractivity contribution is -0.132. The van der Waals surface area contributed by atoms with E-state index >= 15 is 0 Å². The van der Waals surface area contributed by atoms with Crippen molar-refractivity contribution in [2.75, 3.05) is 11.4 Å². The standard InChI is InChI=1S/C12H15NO2/c1-10(15-9-14)13-8-4-6-11-5-2-3-7-12(11)13/h2-3,5,7,9-10H,4,6,8H2,1H3. The van der Waals surface area contributed by atoms with Crippen molar-refractivity contribution in [3.05, 3.63) is 29.8 Å². The van der Waals surface area contributed by atoms with E-state index in [1.807, 2.05) is 19.1 Å². The van der Waals surface area contributed by atoms with Crippen LogP contribution in [0.5, 0.6) is 0 Å². The van der Waals surface area contributed by atoms with Gasteiger partial charge in [0.05, 0.1) is 0 Å². The van der Waals surface area contributed by atoms with Crippen LogP contribution in [0.3, 0.4) is 0 Å². The van der Waals surface area contributed by atoms with Crippen molar-refractivity contribution < 1.29 is 9.53 Å². The molecule has 2 rings (SSSR count). The van der Waals surface area contributed by atoms with Crippen LogP contribution in [0.25, 0.3) is 0 Å². The first-order chi connectivity index (χ1) is 7.33. The van der Waals surface area contributed by atoms with Crippen LogP contribution in [0, 0.1) is 0 Å². The number of hydrogen-bond donors (Lipinski definition) is 0. The van der Waals surface area contributed by atoms with Crippen molar-refractivity contribution in [2.24, 2.45) is 0 Å². The van der Waals surface area contributed by atoms with E-state index in [1.165, 1.54) is 11.3 Å². The smallest absolute Gasteiger partial charge is 0.294 e. The largest absolute Gasteiger partial charge is 0.444 e. The van der Waals surface area contributed by atoms with Gasteiger partial charge in [0, 0.05) is 12.2 Å². The molecule has 1 atom stereocenters. The van der Waals surface area contributed by atoms with Crippen molar-refractivity contribution in [1.82, 2.24) is 0 Å². The van der Waals surface area contributed by atoms with Crippen molar-refractivity contribution in [2.45, 2.75) is 26.0 Å². The lowest BCUT2D eigenvalue weighted by atomic mass is 10.0. The normalized spacial score (nSPS) is 16.7. The molecule has 1 aromatic rings. The van der Waals surface area contributed by atoms with Crippen LogP contribution < -0.4 is 4.90 Å². The molecule has 80 valence electrons. The van der Waals surface area contributed by atoms with Crippen molar-refractivity contribution >= 4 is 12.2 Å². The number of nitrogens with zero attached hydrogens (tertiary/aromatic N) is 1. The lowest BCUT2D eigenvalue weighted by Gasteiger charge is -2.34. The third-order valence-electron chi connectivity index (χ3n) is 2.84. The van der Waals surface area contributed by atoms with E-state index in [4.69, 9.17) is 4.74 Å². The van der Waals surface area contributed by atoms with Crippen LogP contribution in [0.1, 0.15) is 18.9 Å². The number of carbonyl (C=O) groups excluding carboxylic acids is 1. The summed E-state index contributed by atoms with van der Waals surface area (Å²) in [5.74, 6) is 0. The van der Waals surface area contributed by atoms with Gasteiger partial charge in [0.1, 0.15) is 0 Å². The molecule has 1 aliphatic rings. The number of ether oxygens (including phenoxy) is 1. The average Bonchev–Trinajstić information content (AvgIpc) is 2.28. The van der Waals surface area contributed by atoms with Gasteiger partial charge in [-0.05, 0) is 31.4 Å². The van der Waals surface area contributed by atoms with Crippen molar-refractivity contribution in [3.63, 3.8) is 0 Å². The van der Waals surface area contributed by atoms with Gasteiger partial charge in [-0.3, -0.25) is 4.79 Å². The van der Waals surface area contributed by atoms with Crippen LogP contribution >= 0.6 is 0 Å². The summed E-state index contributed by atoms with van der Waals surface area (Å²) in [5, 5.41) is 0. The molecule has 0 saturated heterocycles. The molecule has 1 aromatic carbocycles. The maximum absolute atomic E-state index is 10.3. The van der Waals surface area contributed by atoms with Crippen LogP contribution in [0.2, 0.25) is 0 Å². The van der Waals surface area contributed by atoms with Gasteiger partial charge in [0.2, 0.25) is 0 Å². The molecule has 0 fully saturated rings. The molecule has 1 unspecified atom stereocenters. The number of hydrogen-bond acceptors (Lipinski definition) is 3. The first-order valence-electron chi connectivity index (χ1n) is 5.26. The average molecular weight is 205 g/mol. The lowest BCUT2D eigenvalue weighted by Crippen LogP contribution is -2.38. The number of aryl methyl sites for hydroxylation is 1. The van der Waals surface area contributed by atoms with Gasteiger partial charge >= 0.3 is 0 Å². The minimum atomic E-state index is -0.177. The number of carbonyl (C=O) groups is 1. The van der Waals surface area contributed by atoms with Gasteiger partial charge in [0.15, 0.2) is 6.23 Å². The molecule has 0 aliphatic carbocycles. The summed E-state index contributed by atoms with van der Waals surface area (Å²) in [5.41, 5.74) is 2.53. The molecule has 1 heterocycles. The van der Waals surface area contributed by atoms with E-state index < -0.39 is 0 Å². The monoisotopic (exact) mass is 205 g/mol. The van der Waals surface area contributed by atoms with Crippen molar-refractivity contribution in [1.29, 1.82) is 0 Å². The number of fused-ring (bicyclic) bond motifs is 1. The molecule has 0 saturated carbocycles. The molecule has 0 amide bonds. The molecule has 1 aliphatic heterocycles. The Kier molecular flexibility index (Phi) is 2.90. The van der Waals surface area contributed by atoms with E-state index in [1.54, 1.807) is 0 Å². The number of benzene rings is 1. The zero-order valence-corrected chi connectivity index (χ0v) is 8.85. The molecule has 0 aromatic heterocycles. The van der Waals surface area contributed by atoms with Gasteiger partial charge in [-0.15, -0.1) is 0 Å². The first-order valence-corrected chi connectivity index (χ1v) is 5.26. The Labute approximate surface area is 89.7 Å². The fourth-order valence-electron chi connectivity index (χ4n) is 2.09. The minimum absolute atomic E-state index is 0.177. The second-order valence-corrected chi connectivity index (χ2v) is 3.76. The van der Waals surface area contributed by atoms with E-state index in [-0.39, 0.29) is 6.23 Å². The van der Waals surface area contributed by atoms with Crippen LogP contribution in [0.4, 0.5) is 5.69 Å². The summed E-state index contributed by atoms with van der Waals surface area (Å²) in [6.45, 7) is 3.37. The van der Waals surface area contributed by atoms with Crippen LogP contribution in [0.15, 0.2) is 24.3 Å². The minimum Gasteiger partial charge on any atom is -0.444 e. The third kappa shape index (κ3) is 1.96. The highest BCUT2D eigenvalue weighted by Gasteiger charge is 2.21. The Hall–Kier alpha value is -1.51. The Morgan fingerprint density at radius 3 is 3.07 bits per heavy atom. The predicted molar refractivity (Wildman–Crippen MR) is 58.7 cm³/mol. The summed E-state index contributed by atoms with van der Waals surface area (Å²) in [7, 11) is 0. The first kappa shape index (κ1) is 10.0. The second kappa shape index (κ2) is 4.34. The highest BCUT2D eigenvalue weighted by Crippen LogP contribution is 2.28. The number of rotatable bonds is 3. The molecule has 0 spiro atoms. The molecule has 0 N–H and O–H groups in total. The molecule has 0 bridgehead atoms. The molecule has 3 nitrogen and oxygen atoms in total. The van der Waals surface area contributed by atoms with E-state index in [2.05, 4.69) is 17.0 Å². The van der Waals surface area contributed by atoms with Crippen molar-refractivity contribution in [3.8, 4) is 0 Å². The summed E-state index contributed by atoms with van der Waals surface area (Å²) >= 11 is 0. The summed E-state index contributed by atoms with van der Waals surface area (Å²) < 4.78 is 4.98. The second-order valence-electron chi connectivity index (χ2n) is 3.76. The highest BCUT2D eigenvalue weighted by atomic mass is 16.5. The summed E-state index contributed by atoms with van der Waals surface area (Å²) in [6, 6.07) is 8.28. The zero-order valence-electron chi connectivity index (χ0n) is 8.85. The van der Waals surface area contributed by atoms with E-state index in [0.717, 1.165) is 19.4 Å². The Morgan fingerprint density at radius 2 is 2.27 bits per heavy atom. The Balaban J connectivity index is 2.25. The van der Waals surface area contributed by atoms with Gasteiger partial charge < -0.3 is 9.64 Å². The maximum Gasteiger partial charge on any atom is 0.294 e. The molecular formula is C12H15NO2. The fourth-order valence-corrected chi connectivity index (χ4v) is 2.09. The van der Waals surface area contributed by atoms with Crippen LogP contribution in [-0.2, 0) is 16.0 Å². The topological polar surface area (TPSA) is 29.5 Å². The fraction of sp³-hybridized carbons (Fsp3) is 0.417. The maximum atomic E-state index is 10.3. The van der Waals surface area contributed by atoms with Gasteiger partial charge in [-0.1, -0.05) is 18.2 Å². The Bertz CT molecular complexity index is 351. The van der Waals surface area contributed by atoms with Gasteiger partial charge in [0.25, 0.3) is 6.47 Å². The summed E-state index contributed by atoms with van der Waals surface area (Å²) in [4.78, 5) is 12.5. The molecule has 15 heavy (non-hydrogen) atoms. The van der Waals surface area contributed by atoms with E-state index in [9.17, 15) is 4.79 Å². The quantitative estimate of drug-likeness (QED) is 0.706. The van der Waals surface area contributed by atoms with Gasteiger partial charge in [-0.25, -0.2) is 0 Å². The SMILES string of the molecule is CC(OC=O)N1CCCc2ccccc21. The van der Waals surface area contributed by atoms with Crippen LogP contribution in [-0.4, -0.2) is 19.2 Å². The third-order valence-corrected chi connectivity index (χ3v) is 2.84. The highest BCUT2D eigenvalue weighted by molar-refractivity contribution is 5.56. The Morgan fingerprint density at radius 1 is 1.47 bits per heavy atom. The molecule has 0 radical (unpaired) electrons. The molecule has 3 heteroatoms. The summed E-state index contributed by atoms with van der Waals surface area (Å²) in [6.07, 6.45) is 2.05. The zero-order chi connectivity index (χ0) is 10.7. The van der Waals surface area contributed by atoms with Gasteiger partial charge in [-0.2, -0.15) is 0 Å². The van der Waals surface area contributed by atoms with E-state index in [0.29, 0.717) is 6.47 Å².